The largest absolute Gasteiger partial charge is 0.497 e. The van der Waals surface area contributed by atoms with Crippen molar-refractivity contribution in [3.63, 3.8) is 0 Å². The number of carbonyl (C=O) groups excluding carboxylic acids is 1. The fraction of sp³-hybridized carbons (Fsp3) is 0.125. The highest BCUT2D eigenvalue weighted by molar-refractivity contribution is 8.00. The molecule has 114 valence electrons. The second-order valence-corrected chi connectivity index (χ2v) is 5.58. The van der Waals surface area contributed by atoms with Crippen LogP contribution in [0.2, 0.25) is 0 Å². The zero-order chi connectivity index (χ0) is 15.9. The highest BCUT2D eigenvalue weighted by atomic mass is 32.2. The lowest BCUT2D eigenvalue weighted by atomic mass is 10.1. The summed E-state index contributed by atoms with van der Waals surface area (Å²) < 4.78 is 18.1. The molecule has 1 unspecified atom stereocenters. The molecule has 2 rings (SSSR count). The maximum absolute atomic E-state index is 13.0. The van der Waals surface area contributed by atoms with Crippen LogP contribution >= 0.6 is 11.8 Å². The molecule has 0 spiro atoms. The second-order valence-electron chi connectivity index (χ2n) is 4.41. The van der Waals surface area contributed by atoms with Crippen molar-refractivity contribution in [2.45, 2.75) is 10.1 Å². The number of Topliss-reactive ketones (excluding diaryl/α,β-unsaturated/α-hetero) is 1. The van der Waals surface area contributed by atoms with Crippen molar-refractivity contribution in [3.05, 3.63) is 59.9 Å². The van der Waals surface area contributed by atoms with Crippen LogP contribution in [0.1, 0.15) is 10.8 Å². The number of hydrogen-bond acceptors (Lipinski definition) is 5. The van der Waals surface area contributed by atoms with Crippen molar-refractivity contribution in [1.82, 2.24) is 0 Å². The van der Waals surface area contributed by atoms with Gasteiger partial charge in [-0.25, -0.2) is 4.39 Å². The maximum atomic E-state index is 13.0. The topological polar surface area (TPSA) is 64.7 Å². The lowest BCUT2D eigenvalue weighted by molar-refractivity contribution is -0.112. The van der Waals surface area contributed by atoms with Crippen LogP contribution in [0.3, 0.4) is 0 Å². The molecule has 2 aromatic carbocycles. The summed E-state index contributed by atoms with van der Waals surface area (Å²) in [5.41, 5.74) is 0.792. The minimum Gasteiger partial charge on any atom is -0.497 e. The Bertz CT molecular complexity index is 657. The third kappa shape index (κ3) is 4.08. The van der Waals surface area contributed by atoms with Crippen LogP contribution in [0.15, 0.2) is 58.5 Å². The first-order chi connectivity index (χ1) is 10.6. The molecule has 0 saturated carbocycles. The molecule has 22 heavy (non-hydrogen) atoms. The number of nitrogens with two attached hydrogens (primary N) is 1. The molecule has 0 fully saturated rings. The predicted molar refractivity (Wildman–Crippen MR) is 85.7 cm³/mol. The van der Waals surface area contributed by atoms with Gasteiger partial charge in [-0.1, -0.05) is 12.1 Å². The summed E-state index contributed by atoms with van der Waals surface area (Å²) >= 11 is 1.31. The number of hydrogen-bond donors (Lipinski definition) is 1. The number of rotatable bonds is 6. The van der Waals surface area contributed by atoms with E-state index in [4.69, 9.17) is 10.6 Å². The van der Waals surface area contributed by atoms with Crippen LogP contribution in [-0.2, 0) is 4.79 Å². The molecule has 1 atom stereocenters. The quantitative estimate of drug-likeness (QED) is 0.384. The van der Waals surface area contributed by atoms with Crippen molar-refractivity contribution in [2.24, 2.45) is 10.9 Å². The van der Waals surface area contributed by atoms with Crippen LogP contribution in [0.25, 0.3) is 0 Å². The van der Waals surface area contributed by atoms with Gasteiger partial charge in [0.1, 0.15) is 11.6 Å². The van der Waals surface area contributed by atoms with E-state index in [1.54, 1.807) is 31.4 Å². The molecule has 0 radical (unpaired) electrons. The van der Waals surface area contributed by atoms with E-state index in [1.807, 2.05) is 12.1 Å². The highest BCUT2D eigenvalue weighted by Crippen LogP contribution is 2.36. The third-order valence-corrected chi connectivity index (χ3v) is 4.23. The Morgan fingerprint density at radius 3 is 2.41 bits per heavy atom. The Balaban J connectivity index is 2.28. The molecule has 0 saturated heterocycles. The Hall–Kier alpha value is -2.34. The fourth-order valence-corrected chi connectivity index (χ4v) is 2.90. The predicted octanol–water partition coefficient (Wildman–Crippen LogP) is 3.18. The first-order valence-corrected chi connectivity index (χ1v) is 7.35. The molecule has 0 aliphatic carbocycles. The summed E-state index contributed by atoms with van der Waals surface area (Å²) in [7, 11) is 1.58. The molecule has 0 aliphatic rings. The van der Waals surface area contributed by atoms with Gasteiger partial charge in [-0.3, -0.25) is 4.79 Å². The number of benzene rings is 2. The summed E-state index contributed by atoms with van der Waals surface area (Å²) in [6.45, 7) is 0. The molecule has 0 aliphatic heterocycles. The third-order valence-electron chi connectivity index (χ3n) is 2.95. The van der Waals surface area contributed by atoms with Gasteiger partial charge in [0.05, 0.1) is 18.6 Å². The van der Waals surface area contributed by atoms with E-state index in [0.29, 0.717) is 5.75 Å². The molecule has 2 aromatic rings. The van der Waals surface area contributed by atoms with Gasteiger partial charge in [0.15, 0.2) is 5.78 Å². The number of methoxy groups -OCH3 is 1. The summed E-state index contributed by atoms with van der Waals surface area (Å²) in [6.07, 6.45) is 1.09. The van der Waals surface area contributed by atoms with Gasteiger partial charge in [0.25, 0.3) is 0 Å². The van der Waals surface area contributed by atoms with Crippen LogP contribution < -0.4 is 10.6 Å². The van der Waals surface area contributed by atoms with E-state index in [-0.39, 0.29) is 11.6 Å². The standard InChI is InChI=1S/C16H15FN2O2S/c1-21-13-6-2-11(3-7-13)16(15(20)10-19-18)22-14-8-4-12(17)5-9-14/h2-10,16H,18H2,1H3. The summed E-state index contributed by atoms with van der Waals surface area (Å²) in [5.74, 6) is 5.22. The van der Waals surface area contributed by atoms with Gasteiger partial charge in [0, 0.05) is 4.90 Å². The summed E-state index contributed by atoms with van der Waals surface area (Å²) in [6, 6.07) is 13.1. The van der Waals surface area contributed by atoms with Crippen molar-refractivity contribution in [2.75, 3.05) is 7.11 Å². The van der Waals surface area contributed by atoms with E-state index in [1.165, 1.54) is 23.9 Å². The number of hydrazone groups is 1. The number of nitrogens with zero attached hydrogens (tertiary/aromatic N) is 1. The molecule has 0 bridgehead atoms. The van der Waals surface area contributed by atoms with Crippen molar-refractivity contribution in [1.29, 1.82) is 0 Å². The van der Waals surface area contributed by atoms with E-state index in [2.05, 4.69) is 5.10 Å². The average molecular weight is 318 g/mol. The van der Waals surface area contributed by atoms with Crippen LogP contribution in [0.4, 0.5) is 4.39 Å². The first kappa shape index (κ1) is 16.0. The molecular formula is C16H15FN2O2S. The minimum absolute atomic E-state index is 0.234. The second kappa shape index (κ2) is 7.61. The lowest BCUT2D eigenvalue weighted by Crippen LogP contribution is -2.11. The Morgan fingerprint density at radius 1 is 1.23 bits per heavy atom. The van der Waals surface area contributed by atoms with Crippen LogP contribution in [0, 0.1) is 5.82 Å². The monoisotopic (exact) mass is 318 g/mol. The number of ketones is 1. The zero-order valence-electron chi connectivity index (χ0n) is 11.9. The Labute approximate surface area is 132 Å². The molecule has 6 heteroatoms. The van der Waals surface area contributed by atoms with E-state index in [9.17, 15) is 9.18 Å². The van der Waals surface area contributed by atoms with Gasteiger partial charge in [-0.2, -0.15) is 5.10 Å². The fourth-order valence-electron chi connectivity index (χ4n) is 1.86. The molecule has 4 nitrogen and oxygen atoms in total. The maximum Gasteiger partial charge on any atom is 0.193 e. The molecule has 2 N–H and O–H groups in total. The SMILES string of the molecule is COc1ccc(C(Sc2ccc(F)cc2)C(=O)C=NN)cc1. The van der Waals surface area contributed by atoms with Crippen LogP contribution in [0.5, 0.6) is 5.75 Å². The van der Waals surface area contributed by atoms with Gasteiger partial charge in [-0.05, 0) is 42.0 Å². The summed E-state index contributed by atoms with van der Waals surface area (Å²) in [4.78, 5) is 13.0. The number of thioether (sulfide) groups is 1. The number of ether oxygens (including phenoxy) is 1. The van der Waals surface area contributed by atoms with Gasteiger partial charge >= 0.3 is 0 Å². The number of carbonyl (C=O) groups is 1. The van der Waals surface area contributed by atoms with Crippen molar-refractivity contribution in [3.8, 4) is 5.75 Å². The van der Waals surface area contributed by atoms with Gasteiger partial charge < -0.3 is 10.6 Å². The molecule has 0 heterocycles. The van der Waals surface area contributed by atoms with Crippen LogP contribution in [-0.4, -0.2) is 19.1 Å². The Morgan fingerprint density at radius 2 is 1.86 bits per heavy atom. The van der Waals surface area contributed by atoms with Gasteiger partial charge in [0.2, 0.25) is 0 Å². The van der Waals surface area contributed by atoms with E-state index >= 15 is 0 Å². The van der Waals surface area contributed by atoms with E-state index in [0.717, 1.165) is 16.7 Å². The molecular weight excluding hydrogens is 303 g/mol. The Kier molecular flexibility index (Phi) is 5.55. The zero-order valence-corrected chi connectivity index (χ0v) is 12.7. The average Bonchev–Trinajstić information content (AvgIpc) is 2.54. The smallest absolute Gasteiger partial charge is 0.193 e. The highest BCUT2D eigenvalue weighted by Gasteiger charge is 2.20. The molecule has 0 aromatic heterocycles. The normalized spacial score (nSPS) is 12.3. The first-order valence-electron chi connectivity index (χ1n) is 6.47. The van der Waals surface area contributed by atoms with E-state index < -0.39 is 5.25 Å². The number of halogens is 1. The summed E-state index contributed by atoms with van der Waals surface area (Å²) in [5, 5.41) is 2.79. The minimum atomic E-state index is -0.510. The van der Waals surface area contributed by atoms with Gasteiger partial charge in [-0.15, -0.1) is 11.8 Å². The van der Waals surface area contributed by atoms with Crippen molar-refractivity contribution >= 4 is 23.8 Å². The van der Waals surface area contributed by atoms with Crippen molar-refractivity contribution < 1.29 is 13.9 Å². The molecule has 0 amide bonds. The lowest BCUT2D eigenvalue weighted by Gasteiger charge is -2.14.